The molecule has 2 aromatic rings. The van der Waals surface area contributed by atoms with Crippen molar-refractivity contribution < 1.29 is 4.79 Å². The Balaban J connectivity index is 0.00000225. The number of imidazole rings is 1. The normalized spacial score (nSPS) is 17.7. The van der Waals surface area contributed by atoms with Crippen LogP contribution in [0.25, 0.3) is 5.69 Å². The maximum atomic E-state index is 12.1. The third-order valence-electron chi connectivity index (χ3n) is 4.46. The van der Waals surface area contributed by atoms with Gasteiger partial charge in [-0.1, -0.05) is 12.1 Å². The first kappa shape index (κ1) is 19.4. The second kappa shape index (κ2) is 9.56. The van der Waals surface area contributed by atoms with Gasteiger partial charge in [0, 0.05) is 44.3 Å². The zero-order valence-corrected chi connectivity index (χ0v) is 15.1. The molecule has 0 saturated carbocycles. The lowest BCUT2D eigenvalue weighted by Crippen LogP contribution is -2.43. The van der Waals surface area contributed by atoms with E-state index in [4.69, 9.17) is 5.73 Å². The predicted molar refractivity (Wildman–Crippen MR) is 101 cm³/mol. The first-order valence-electron chi connectivity index (χ1n) is 8.53. The minimum atomic E-state index is 0. The number of benzene rings is 1. The molecular formula is C18H26ClN5O. The Hall–Kier alpha value is -1.89. The highest BCUT2D eigenvalue weighted by Crippen LogP contribution is 2.19. The monoisotopic (exact) mass is 363 g/mol. The molecule has 1 saturated heterocycles. The van der Waals surface area contributed by atoms with Crippen LogP contribution in [-0.4, -0.2) is 46.5 Å². The maximum Gasteiger partial charge on any atom is 0.224 e. The smallest absolute Gasteiger partial charge is 0.224 e. The largest absolute Gasteiger partial charge is 0.355 e. The number of hydrogen-bond acceptors (Lipinski definition) is 4. The number of carbonyl (C=O) groups is 1. The fraction of sp³-hybridized carbons (Fsp3) is 0.444. The van der Waals surface area contributed by atoms with E-state index in [1.54, 1.807) is 12.5 Å². The van der Waals surface area contributed by atoms with E-state index in [9.17, 15) is 4.79 Å². The van der Waals surface area contributed by atoms with Crippen LogP contribution in [0.4, 0.5) is 0 Å². The number of nitrogens with zero attached hydrogens (tertiary/aromatic N) is 3. The average Bonchev–Trinajstić information content (AvgIpc) is 3.15. The van der Waals surface area contributed by atoms with Crippen molar-refractivity contribution in [2.45, 2.75) is 19.4 Å². The zero-order valence-electron chi connectivity index (χ0n) is 14.3. The maximum absolute atomic E-state index is 12.1. The van der Waals surface area contributed by atoms with Gasteiger partial charge >= 0.3 is 0 Å². The van der Waals surface area contributed by atoms with E-state index in [1.807, 2.05) is 10.8 Å². The second-order valence-electron chi connectivity index (χ2n) is 6.29. The molecule has 1 unspecified atom stereocenters. The Morgan fingerprint density at radius 3 is 2.80 bits per heavy atom. The highest BCUT2D eigenvalue weighted by molar-refractivity contribution is 5.85. The van der Waals surface area contributed by atoms with E-state index in [2.05, 4.69) is 39.5 Å². The van der Waals surface area contributed by atoms with Gasteiger partial charge in [-0.2, -0.15) is 0 Å². The number of aromatic nitrogens is 2. The van der Waals surface area contributed by atoms with E-state index in [-0.39, 0.29) is 24.2 Å². The molecule has 25 heavy (non-hydrogen) atoms. The van der Waals surface area contributed by atoms with Crippen molar-refractivity contribution in [2.24, 2.45) is 11.7 Å². The van der Waals surface area contributed by atoms with Crippen molar-refractivity contribution in [3.05, 3.63) is 48.5 Å². The Morgan fingerprint density at radius 2 is 2.12 bits per heavy atom. The number of amides is 1. The van der Waals surface area contributed by atoms with Crippen molar-refractivity contribution in [2.75, 3.05) is 26.2 Å². The predicted octanol–water partition coefficient (Wildman–Crippen LogP) is 1.58. The summed E-state index contributed by atoms with van der Waals surface area (Å²) < 4.78 is 1.99. The lowest BCUT2D eigenvalue weighted by molar-refractivity contribution is -0.126. The minimum Gasteiger partial charge on any atom is -0.355 e. The molecule has 0 spiro atoms. The van der Waals surface area contributed by atoms with E-state index in [0.717, 1.165) is 38.2 Å². The van der Waals surface area contributed by atoms with Gasteiger partial charge in [-0.05, 0) is 37.1 Å². The molecule has 0 radical (unpaired) electrons. The summed E-state index contributed by atoms with van der Waals surface area (Å²) >= 11 is 0. The Labute approximate surface area is 154 Å². The molecule has 1 aromatic carbocycles. The number of piperidine rings is 1. The minimum absolute atomic E-state index is 0. The number of hydrogen-bond donors (Lipinski definition) is 2. The van der Waals surface area contributed by atoms with Crippen molar-refractivity contribution in [1.29, 1.82) is 0 Å². The lowest BCUT2D eigenvalue weighted by atomic mass is 9.96. The number of likely N-dealkylation sites (tertiary alicyclic amines) is 1. The van der Waals surface area contributed by atoms with Gasteiger partial charge in [0.15, 0.2) is 0 Å². The van der Waals surface area contributed by atoms with Gasteiger partial charge in [0.25, 0.3) is 0 Å². The van der Waals surface area contributed by atoms with E-state index in [1.165, 1.54) is 5.56 Å². The van der Waals surface area contributed by atoms with Gasteiger partial charge in [-0.25, -0.2) is 4.98 Å². The van der Waals surface area contributed by atoms with Crippen LogP contribution >= 0.6 is 12.4 Å². The molecule has 3 N–H and O–H groups in total. The molecule has 3 rings (SSSR count). The van der Waals surface area contributed by atoms with Crippen molar-refractivity contribution in [1.82, 2.24) is 19.8 Å². The first-order valence-corrected chi connectivity index (χ1v) is 8.53. The molecule has 1 atom stereocenters. The molecule has 1 aliphatic heterocycles. The van der Waals surface area contributed by atoms with Crippen LogP contribution < -0.4 is 11.1 Å². The molecule has 1 aliphatic rings. The molecule has 1 fully saturated rings. The Bertz CT molecular complexity index is 644. The first-order chi connectivity index (χ1) is 11.8. The molecule has 7 heteroatoms. The van der Waals surface area contributed by atoms with Crippen LogP contribution in [0.2, 0.25) is 0 Å². The fourth-order valence-electron chi connectivity index (χ4n) is 3.20. The van der Waals surface area contributed by atoms with Crippen molar-refractivity contribution in [3.63, 3.8) is 0 Å². The zero-order chi connectivity index (χ0) is 16.8. The number of nitrogens with two attached hydrogens (primary N) is 1. The summed E-state index contributed by atoms with van der Waals surface area (Å²) in [6.45, 7) is 3.80. The standard InChI is InChI=1S/C18H25N5O.ClH/c19-7-8-21-18(24)16-2-1-10-22(13-16)12-15-3-5-17(6-4-15)23-11-9-20-14-23;/h3-6,9,11,14,16H,1-2,7-8,10,12-13,19H2,(H,21,24);1H. The van der Waals surface area contributed by atoms with Crippen LogP contribution in [-0.2, 0) is 11.3 Å². The van der Waals surface area contributed by atoms with Gasteiger partial charge < -0.3 is 15.6 Å². The molecule has 6 nitrogen and oxygen atoms in total. The quantitative estimate of drug-likeness (QED) is 0.817. The molecule has 0 bridgehead atoms. The number of nitrogens with one attached hydrogen (secondary N) is 1. The molecule has 0 aliphatic carbocycles. The van der Waals surface area contributed by atoms with E-state index < -0.39 is 0 Å². The summed E-state index contributed by atoms with van der Waals surface area (Å²) in [6.07, 6.45) is 7.53. The molecule has 136 valence electrons. The summed E-state index contributed by atoms with van der Waals surface area (Å²) in [5.41, 5.74) is 7.82. The van der Waals surface area contributed by atoms with Crippen LogP contribution in [0.15, 0.2) is 43.0 Å². The molecule has 1 amide bonds. The molecular weight excluding hydrogens is 338 g/mol. The third kappa shape index (κ3) is 5.29. The Morgan fingerprint density at radius 1 is 1.32 bits per heavy atom. The second-order valence-corrected chi connectivity index (χ2v) is 6.29. The van der Waals surface area contributed by atoms with Gasteiger partial charge in [0.1, 0.15) is 0 Å². The topological polar surface area (TPSA) is 76.2 Å². The number of carbonyl (C=O) groups excluding carboxylic acids is 1. The van der Waals surface area contributed by atoms with Gasteiger partial charge in [0.2, 0.25) is 5.91 Å². The SMILES string of the molecule is Cl.NCCNC(=O)C1CCCN(Cc2ccc(-n3ccnc3)cc2)C1. The van der Waals surface area contributed by atoms with Gasteiger partial charge in [0.05, 0.1) is 12.2 Å². The van der Waals surface area contributed by atoms with Crippen LogP contribution in [0, 0.1) is 5.92 Å². The van der Waals surface area contributed by atoms with Crippen LogP contribution in [0.5, 0.6) is 0 Å². The average molecular weight is 364 g/mol. The van der Waals surface area contributed by atoms with E-state index in [0.29, 0.717) is 13.1 Å². The molecule has 2 heterocycles. The number of rotatable bonds is 6. The highest BCUT2D eigenvalue weighted by Gasteiger charge is 2.25. The van der Waals surface area contributed by atoms with E-state index >= 15 is 0 Å². The lowest BCUT2D eigenvalue weighted by Gasteiger charge is -2.32. The third-order valence-corrected chi connectivity index (χ3v) is 4.46. The summed E-state index contributed by atoms with van der Waals surface area (Å²) in [5.74, 6) is 0.219. The summed E-state index contributed by atoms with van der Waals surface area (Å²) in [4.78, 5) is 18.6. The summed E-state index contributed by atoms with van der Waals surface area (Å²) in [6, 6.07) is 8.50. The number of halogens is 1. The Kier molecular flexibility index (Phi) is 7.43. The van der Waals surface area contributed by atoms with Crippen molar-refractivity contribution >= 4 is 18.3 Å². The van der Waals surface area contributed by atoms with Gasteiger partial charge in [-0.3, -0.25) is 9.69 Å². The molecule has 1 aromatic heterocycles. The fourth-order valence-corrected chi connectivity index (χ4v) is 3.20. The summed E-state index contributed by atoms with van der Waals surface area (Å²) in [7, 11) is 0. The summed E-state index contributed by atoms with van der Waals surface area (Å²) in [5, 5.41) is 2.91. The van der Waals surface area contributed by atoms with Crippen molar-refractivity contribution in [3.8, 4) is 5.69 Å². The van der Waals surface area contributed by atoms with Crippen LogP contribution in [0.3, 0.4) is 0 Å². The van der Waals surface area contributed by atoms with Gasteiger partial charge in [-0.15, -0.1) is 12.4 Å². The van der Waals surface area contributed by atoms with Crippen LogP contribution in [0.1, 0.15) is 18.4 Å². The highest BCUT2D eigenvalue weighted by atomic mass is 35.5.